The molecular formula is C28H27Cl3N8O8. The van der Waals surface area contributed by atoms with E-state index in [0.717, 1.165) is 0 Å². The Morgan fingerprint density at radius 1 is 0.766 bits per heavy atom. The molecule has 5 N–H and O–H groups in total. The fraction of sp³-hybridized carbons (Fsp3) is 0.143. The molecule has 0 unspecified atom stereocenters. The molecule has 0 radical (unpaired) electrons. The van der Waals surface area contributed by atoms with E-state index in [-0.39, 0.29) is 34.7 Å². The van der Waals surface area contributed by atoms with E-state index in [9.17, 15) is 29.8 Å². The number of ether oxygens (including phenoxy) is 2. The van der Waals surface area contributed by atoms with Crippen LogP contribution < -0.4 is 31.2 Å². The van der Waals surface area contributed by atoms with E-state index in [0.29, 0.717) is 34.4 Å². The quantitative estimate of drug-likeness (QED) is 0.0573. The Hall–Kier alpha value is -5.45. The predicted octanol–water partition coefficient (Wildman–Crippen LogP) is 6.40. The highest BCUT2D eigenvalue weighted by molar-refractivity contribution is 6.67. The van der Waals surface area contributed by atoms with Crippen LogP contribution in [0, 0.1) is 20.2 Å². The number of carbonyl (C=O) groups is 2. The number of aromatic nitrogens is 2. The number of nitrogens with two attached hydrogens (primary N) is 1. The minimum absolute atomic E-state index is 0.0537. The molecule has 0 fully saturated rings. The molecule has 47 heavy (non-hydrogen) atoms. The summed E-state index contributed by atoms with van der Waals surface area (Å²) in [4.78, 5) is 49.4. The summed E-state index contributed by atoms with van der Waals surface area (Å²) < 4.78 is 11.1. The highest BCUT2D eigenvalue weighted by atomic mass is 35.5. The maximum atomic E-state index is 11.2. The van der Waals surface area contributed by atoms with Crippen molar-refractivity contribution in [1.82, 2.24) is 9.97 Å². The summed E-state index contributed by atoms with van der Waals surface area (Å²) in [6, 6.07) is 15.2. The number of amides is 1. The predicted molar refractivity (Wildman–Crippen MR) is 179 cm³/mol. The Morgan fingerprint density at radius 3 is 1.62 bits per heavy atom. The molecule has 0 atom stereocenters. The number of rotatable bonds is 11. The Bertz CT molecular complexity index is 1710. The number of nitrogens with one attached hydrogen (secondary N) is 3. The molecule has 0 bridgehead atoms. The van der Waals surface area contributed by atoms with Crippen LogP contribution in [0.4, 0.5) is 34.4 Å². The molecule has 0 saturated heterocycles. The second-order valence-corrected chi connectivity index (χ2v) is 9.50. The van der Waals surface area contributed by atoms with E-state index in [1.54, 1.807) is 50.5 Å². The van der Waals surface area contributed by atoms with Gasteiger partial charge < -0.3 is 31.2 Å². The number of benzene rings is 2. The Labute approximate surface area is 282 Å². The molecule has 2 aromatic heterocycles. The van der Waals surface area contributed by atoms with Crippen molar-refractivity contribution in [2.75, 3.05) is 47.5 Å². The maximum Gasteiger partial charge on any atom is 0.296 e. The van der Waals surface area contributed by atoms with Gasteiger partial charge in [0.2, 0.25) is 11.1 Å². The lowest BCUT2D eigenvalue weighted by atomic mass is 10.2. The van der Waals surface area contributed by atoms with E-state index in [2.05, 4.69) is 25.9 Å². The molecule has 0 aliphatic rings. The number of hydrogen-bond donors (Lipinski definition) is 4. The van der Waals surface area contributed by atoms with Gasteiger partial charge >= 0.3 is 0 Å². The van der Waals surface area contributed by atoms with Crippen LogP contribution in [-0.4, -0.2) is 56.8 Å². The van der Waals surface area contributed by atoms with Crippen molar-refractivity contribution in [3.8, 4) is 23.0 Å². The molecule has 4 rings (SSSR count). The fourth-order valence-electron chi connectivity index (χ4n) is 3.36. The number of hydrogen-bond acceptors (Lipinski definition) is 13. The minimum Gasteiger partial charge on any atom is -0.457 e. The van der Waals surface area contributed by atoms with Gasteiger partial charge in [-0.1, -0.05) is 0 Å². The van der Waals surface area contributed by atoms with Crippen LogP contribution in [0.5, 0.6) is 23.0 Å². The number of nitrogen functional groups attached to an aromatic ring is 1. The van der Waals surface area contributed by atoms with Crippen molar-refractivity contribution in [3.63, 3.8) is 0 Å². The molecular weight excluding hydrogens is 683 g/mol. The summed E-state index contributed by atoms with van der Waals surface area (Å²) in [7, 11) is 3.21. The SMILES string of the molecule is CNc1ccc(Oc2ccnc(N)c2)cc1[N+](=O)[O-].CNc1ccc(Oc2ccnc(NC(=O)CCl)c2)cc1[N+](=O)[O-].O=C(Cl)CCl. The zero-order valence-electron chi connectivity index (χ0n) is 24.6. The number of nitro benzene ring substituents is 2. The third-order valence-corrected chi connectivity index (χ3v) is 6.08. The van der Waals surface area contributed by atoms with Crippen LogP contribution in [0.25, 0.3) is 0 Å². The first-order chi connectivity index (χ1) is 22.4. The zero-order valence-corrected chi connectivity index (χ0v) is 26.9. The monoisotopic (exact) mass is 708 g/mol. The third kappa shape index (κ3) is 12.8. The summed E-state index contributed by atoms with van der Waals surface area (Å²) in [6.45, 7) is 0. The summed E-state index contributed by atoms with van der Waals surface area (Å²) in [5.41, 5.74) is 6.18. The Morgan fingerprint density at radius 2 is 1.21 bits per heavy atom. The lowest BCUT2D eigenvalue weighted by molar-refractivity contribution is -0.384. The average Bonchev–Trinajstić information content (AvgIpc) is 3.05. The van der Waals surface area contributed by atoms with Crippen molar-refractivity contribution >= 4 is 80.3 Å². The van der Waals surface area contributed by atoms with Crippen molar-refractivity contribution in [1.29, 1.82) is 0 Å². The molecule has 16 nitrogen and oxygen atoms in total. The first kappa shape index (κ1) is 37.7. The standard InChI is InChI=1S/C14H13ClN4O4.C12H12N4O3.C2H2Cl2O/c1-16-11-3-2-9(6-12(11)19(21)22)23-10-4-5-17-13(7-10)18-14(20)8-15;1-14-10-3-2-8(6-11(10)16(17)18)19-9-4-5-15-12(13)7-9;3-1-2(4)5/h2-7,16H,8H2,1H3,(H,17,18,20);2-7,14H,1H3,(H2,13,15);1H2. The molecule has 0 saturated carbocycles. The number of nitrogens with zero attached hydrogens (tertiary/aromatic N) is 4. The van der Waals surface area contributed by atoms with E-state index in [1.165, 1.54) is 36.7 Å². The highest BCUT2D eigenvalue weighted by Gasteiger charge is 2.16. The van der Waals surface area contributed by atoms with Crippen LogP contribution in [-0.2, 0) is 9.59 Å². The van der Waals surface area contributed by atoms with Gasteiger partial charge in [-0.2, -0.15) is 0 Å². The molecule has 1 amide bonds. The van der Waals surface area contributed by atoms with Gasteiger partial charge in [0.05, 0.1) is 27.9 Å². The fourth-order valence-corrected chi connectivity index (χ4v) is 3.42. The smallest absolute Gasteiger partial charge is 0.296 e. The second-order valence-electron chi connectivity index (χ2n) is 8.54. The molecule has 0 aliphatic heterocycles. The number of carbonyl (C=O) groups excluding carboxylic acids is 2. The summed E-state index contributed by atoms with van der Waals surface area (Å²) in [5.74, 6) is 1.40. The van der Waals surface area contributed by atoms with Crippen molar-refractivity contribution in [3.05, 3.63) is 93.3 Å². The van der Waals surface area contributed by atoms with Gasteiger partial charge in [0.15, 0.2) is 0 Å². The number of nitro groups is 2. The summed E-state index contributed by atoms with van der Waals surface area (Å²) in [6.07, 6.45) is 2.94. The Kier molecular flexibility index (Phi) is 15.4. The number of anilines is 4. The van der Waals surface area contributed by atoms with Crippen molar-refractivity contribution < 1.29 is 28.9 Å². The first-order valence-corrected chi connectivity index (χ1v) is 14.4. The number of pyridine rings is 2. The zero-order chi connectivity index (χ0) is 34.9. The lowest BCUT2D eigenvalue weighted by Crippen LogP contribution is -2.13. The largest absolute Gasteiger partial charge is 0.457 e. The minimum atomic E-state index is -0.508. The normalized spacial score (nSPS) is 9.72. The van der Waals surface area contributed by atoms with Crippen LogP contribution in [0.1, 0.15) is 0 Å². The van der Waals surface area contributed by atoms with E-state index in [1.807, 2.05) is 0 Å². The highest BCUT2D eigenvalue weighted by Crippen LogP contribution is 2.32. The molecule has 0 spiro atoms. The lowest BCUT2D eigenvalue weighted by Gasteiger charge is -2.09. The number of alkyl halides is 2. The maximum absolute atomic E-state index is 11.2. The van der Waals surface area contributed by atoms with E-state index < -0.39 is 21.0 Å². The molecule has 248 valence electrons. The molecule has 19 heteroatoms. The van der Waals surface area contributed by atoms with Gasteiger partial charge in [0.1, 0.15) is 51.9 Å². The summed E-state index contributed by atoms with van der Waals surface area (Å²) in [5, 5.41) is 29.4. The van der Waals surface area contributed by atoms with Crippen molar-refractivity contribution in [2.24, 2.45) is 0 Å². The van der Waals surface area contributed by atoms with Crippen molar-refractivity contribution in [2.45, 2.75) is 0 Å². The molecule has 2 heterocycles. The second kappa shape index (κ2) is 19.2. The van der Waals surface area contributed by atoms with E-state index in [4.69, 9.17) is 50.0 Å². The van der Waals surface area contributed by atoms with Gasteiger partial charge in [0.25, 0.3) is 11.4 Å². The molecule has 4 aromatic rings. The molecule has 2 aromatic carbocycles. The summed E-state index contributed by atoms with van der Waals surface area (Å²) >= 11 is 15.0. The van der Waals surface area contributed by atoms with Crippen LogP contribution in [0.2, 0.25) is 0 Å². The molecule has 0 aliphatic carbocycles. The van der Waals surface area contributed by atoms with Gasteiger partial charge in [-0.15, -0.1) is 23.2 Å². The first-order valence-electron chi connectivity index (χ1n) is 13.0. The van der Waals surface area contributed by atoms with Crippen LogP contribution >= 0.6 is 34.8 Å². The van der Waals surface area contributed by atoms with Gasteiger partial charge in [-0.3, -0.25) is 29.8 Å². The van der Waals surface area contributed by atoms with Gasteiger partial charge in [-0.05, 0) is 48.0 Å². The van der Waals surface area contributed by atoms with Gasteiger partial charge in [0, 0.05) is 38.6 Å². The topological polar surface area (TPSA) is 227 Å². The third-order valence-electron chi connectivity index (χ3n) is 5.32. The Balaban J connectivity index is 0.000000290. The van der Waals surface area contributed by atoms with Crippen LogP contribution in [0.15, 0.2) is 73.1 Å². The van der Waals surface area contributed by atoms with Gasteiger partial charge in [-0.25, -0.2) is 9.97 Å². The number of halogens is 3. The average molecular weight is 710 g/mol. The van der Waals surface area contributed by atoms with E-state index >= 15 is 0 Å². The van der Waals surface area contributed by atoms with Crippen LogP contribution in [0.3, 0.4) is 0 Å².